The molecule has 0 bridgehead atoms. The molecule has 2 aliphatic heterocycles. The van der Waals surface area contributed by atoms with E-state index in [0.29, 0.717) is 35.7 Å². The molecule has 1 aromatic heterocycles. The first-order valence-corrected chi connectivity index (χ1v) is 10.2. The molecule has 1 fully saturated rings. The van der Waals surface area contributed by atoms with Crippen LogP contribution in [0.25, 0.3) is 0 Å². The SMILES string of the molecule is Cc1c(C(=O)NCc2ccc3c(c2)OCO3)cnn1C1CCS(=O)(=O)C1. The summed E-state index contributed by atoms with van der Waals surface area (Å²) in [6.07, 6.45) is 2.03. The fraction of sp³-hybridized carbons (Fsp3) is 0.412. The molecule has 4 rings (SSSR count). The van der Waals surface area contributed by atoms with Crippen molar-refractivity contribution in [3.8, 4) is 11.5 Å². The van der Waals surface area contributed by atoms with E-state index >= 15 is 0 Å². The lowest BCUT2D eigenvalue weighted by molar-refractivity contribution is 0.0950. The van der Waals surface area contributed by atoms with Crippen LogP contribution in [0.1, 0.15) is 34.1 Å². The minimum Gasteiger partial charge on any atom is -0.454 e. The van der Waals surface area contributed by atoms with E-state index in [-0.39, 0.29) is 30.2 Å². The maximum atomic E-state index is 12.5. The van der Waals surface area contributed by atoms with Gasteiger partial charge in [-0.25, -0.2) is 8.42 Å². The highest BCUT2D eigenvalue weighted by Gasteiger charge is 2.31. The van der Waals surface area contributed by atoms with Crippen LogP contribution in [0.3, 0.4) is 0 Å². The number of aromatic nitrogens is 2. The van der Waals surface area contributed by atoms with Crippen molar-refractivity contribution in [3.05, 3.63) is 41.2 Å². The topological polar surface area (TPSA) is 99.5 Å². The van der Waals surface area contributed by atoms with Crippen LogP contribution in [0.4, 0.5) is 0 Å². The van der Waals surface area contributed by atoms with E-state index in [2.05, 4.69) is 10.4 Å². The number of sulfone groups is 1. The number of hydrogen-bond donors (Lipinski definition) is 1. The van der Waals surface area contributed by atoms with E-state index in [1.54, 1.807) is 11.6 Å². The second-order valence-electron chi connectivity index (χ2n) is 6.52. The summed E-state index contributed by atoms with van der Waals surface area (Å²) in [5, 5.41) is 7.10. The van der Waals surface area contributed by atoms with Gasteiger partial charge in [0.05, 0.1) is 29.3 Å². The molecular formula is C17H19N3O5S. The molecule has 138 valence electrons. The normalized spacial score (nSPS) is 20.3. The van der Waals surface area contributed by atoms with Crippen LogP contribution in [0.2, 0.25) is 0 Å². The van der Waals surface area contributed by atoms with E-state index < -0.39 is 9.84 Å². The van der Waals surface area contributed by atoms with E-state index in [4.69, 9.17) is 9.47 Å². The zero-order chi connectivity index (χ0) is 18.3. The summed E-state index contributed by atoms with van der Waals surface area (Å²) in [5.74, 6) is 1.37. The summed E-state index contributed by atoms with van der Waals surface area (Å²) in [7, 11) is -3.01. The number of rotatable bonds is 4. The Morgan fingerprint density at radius 3 is 2.92 bits per heavy atom. The van der Waals surface area contributed by atoms with Crippen LogP contribution in [-0.2, 0) is 16.4 Å². The van der Waals surface area contributed by atoms with Gasteiger partial charge in [0, 0.05) is 12.2 Å². The molecule has 1 N–H and O–H groups in total. The number of carbonyl (C=O) groups excluding carboxylic acids is 1. The van der Waals surface area contributed by atoms with Gasteiger partial charge in [-0.1, -0.05) is 6.07 Å². The zero-order valence-corrected chi connectivity index (χ0v) is 15.1. The monoisotopic (exact) mass is 377 g/mol. The van der Waals surface area contributed by atoms with Gasteiger partial charge in [-0.15, -0.1) is 0 Å². The Bertz CT molecular complexity index is 967. The van der Waals surface area contributed by atoms with Crippen LogP contribution >= 0.6 is 0 Å². The number of hydrogen-bond acceptors (Lipinski definition) is 6. The van der Waals surface area contributed by atoms with Crippen LogP contribution < -0.4 is 14.8 Å². The molecule has 0 radical (unpaired) electrons. The largest absolute Gasteiger partial charge is 0.454 e. The van der Waals surface area contributed by atoms with E-state index in [1.165, 1.54) is 6.20 Å². The molecule has 1 aromatic carbocycles. The lowest BCUT2D eigenvalue weighted by Gasteiger charge is -2.11. The molecule has 9 heteroatoms. The van der Waals surface area contributed by atoms with Crippen LogP contribution in [0.5, 0.6) is 11.5 Å². The molecule has 1 saturated heterocycles. The summed E-state index contributed by atoms with van der Waals surface area (Å²) < 4.78 is 35.6. The molecule has 0 aliphatic carbocycles. The van der Waals surface area contributed by atoms with Gasteiger partial charge in [0.1, 0.15) is 0 Å². The molecule has 1 unspecified atom stereocenters. The van der Waals surface area contributed by atoms with Gasteiger partial charge in [0.25, 0.3) is 5.91 Å². The molecule has 8 nitrogen and oxygen atoms in total. The van der Waals surface area contributed by atoms with Crippen LogP contribution in [0, 0.1) is 6.92 Å². The van der Waals surface area contributed by atoms with Gasteiger partial charge in [0.2, 0.25) is 6.79 Å². The molecule has 0 saturated carbocycles. The van der Waals surface area contributed by atoms with E-state index in [9.17, 15) is 13.2 Å². The summed E-state index contributed by atoms with van der Waals surface area (Å²) in [5.41, 5.74) is 2.03. The highest BCUT2D eigenvalue weighted by atomic mass is 32.2. The minimum absolute atomic E-state index is 0.0772. The van der Waals surface area contributed by atoms with Gasteiger partial charge in [0.15, 0.2) is 21.3 Å². The molecule has 0 spiro atoms. The minimum atomic E-state index is -3.01. The average molecular weight is 377 g/mol. The number of nitrogens with zero attached hydrogens (tertiary/aromatic N) is 2. The number of nitrogens with one attached hydrogen (secondary N) is 1. The Kier molecular flexibility index (Phi) is 4.10. The van der Waals surface area contributed by atoms with Gasteiger partial charge >= 0.3 is 0 Å². The molecule has 2 aliphatic rings. The maximum Gasteiger partial charge on any atom is 0.255 e. The summed E-state index contributed by atoms with van der Waals surface area (Å²) >= 11 is 0. The van der Waals surface area contributed by atoms with Crippen molar-refractivity contribution < 1.29 is 22.7 Å². The molecule has 2 aromatic rings. The predicted octanol–water partition coefficient (Wildman–Crippen LogP) is 1.21. The number of ether oxygens (including phenoxy) is 2. The molecule has 3 heterocycles. The second kappa shape index (κ2) is 6.31. The summed E-state index contributed by atoms with van der Waals surface area (Å²) in [6, 6.07) is 5.32. The fourth-order valence-corrected chi connectivity index (χ4v) is 5.00. The highest BCUT2D eigenvalue weighted by Crippen LogP contribution is 2.32. The first-order valence-electron chi connectivity index (χ1n) is 8.34. The Morgan fingerprint density at radius 1 is 1.35 bits per heavy atom. The van der Waals surface area contributed by atoms with E-state index in [0.717, 1.165) is 5.56 Å². The number of amides is 1. The van der Waals surface area contributed by atoms with Gasteiger partial charge in [-0.3, -0.25) is 9.48 Å². The Morgan fingerprint density at radius 2 is 2.15 bits per heavy atom. The van der Waals surface area contributed by atoms with Crippen molar-refractivity contribution in [1.29, 1.82) is 0 Å². The quantitative estimate of drug-likeness (QED) is 0.860. The Hall–Kier alpha value is -2.55. The van der Waals surface area contributed by atoms with Gasteiger partial charge in [-0.05, 0) is 31.0 Å². The third-order valence-electron chi connectivity index (χ3n) is 4.73. The number of benzene rings is 1. The lowest BCUT2D eigenvalue weighted by Crippen LogP contribution is -2.23. The maximum absolute atomic E-state index is 12.5. The van der Waals surface area contributed by atoms with Crippen molar-refractivity contribution in [3.63, 3.8) is 0 Å². The Balaban J connectivity index is 1.44. The second-order valence-corrected chi connectivity index (χ2v) is 8.74. The predicted molar refractivity (Wildman–Crippen MR) is 93.0 cm³/mol. The van der Waals surface area contributed by atoms with Crippen molar-refractivity contribution in [1.82, 2.24) is 15.1 Å². The molecule has 1 atom stereocenters. The molecular weight excluding hydrogens is 358 g/mol. The van der Waals surface area contributed by atoms with Crippen molar-refractivity contribution in [2.24, 2.45) is 0 Å². The van der Waals surface area contributed by atoms with Crippen molar-refractivity contribution >= 4 is 15.7 Å². The standard InChI is InChI=1S/C17H19N3O5S/c1-11-14(8-19-20(11)13-4-5-26(22,23)9-13)17(21)18-7-12-2-3-15-16(6-12)25-10-24-15/h2-3,6,8,13H,4-5,7,9-10H2,1H3,(H,18,21). The van der Waals surface area contributed by atoms with E-state index in [1.807, 2.05) is 18.2 Å². The molecule has 1 amide bonds. The van der Waals surface area contributed by atoms with Gasteiger partial charge in [-0.2, -0.15) is 5.10 Å². The van der Waals surface area contributed by atoms with Crippen LogP contribution in [0.15, 0.2) is 24.4 Å². The average Bonchev–Trinajstić information content (AvgIpc) is 3.30. The first-order chi connectivity index (χ1) is 12.4. The third-order valence-corrected chi connectivity index (χ3v) is 6.48. The number of fused-ring (bicyclic) bond motifs is 1. The van der Waals surface area contributed by atoms with Gasteiger partial charge < -0.3 is 14.8 Å². The molecule has 26 heavy (non-hydrogen) atoms. The lowest BCUT2D eigenvalue weighted by atomic mass is 10.2. The Labute approximate surface area is 151 Å². The van der Waals surface area contributed by atoms with Crippen LogP contribution in [-0.4, -0.2) is 42.4 Å². The number of carbonyl (C=O) groups is 1. The smallest absolute Gasteiger partial charge is 0.255 e. The van der Waals surface area contributed by atoms with Crippen molar-refractivity contribution in [2.45, 2.75) is 25.9 Å². The fourth-order valence-electron chi connectivity index (χ4n) is 3.31. The summed E-state index contributed by atoms with van der Waals surface area (Å²) in [6.45, 7) is 2.34. The first kappa shape index (κ1) is 16.9. The summed E-state index contributed by atoms with van der Waals surface area (Å²) in [4.78, 5) is 12.5. The highest BCUT2D eigenvalue weighted by molar-refractivity contribution is 7.91. The zero-order valence-electron chi connectivity index (χ0n) is 14.3. The van der Waals surface area contributed by atoms with Crippen molar-refractivity contribution in [2.75, 3.05) is 18.3 Å². The third kappa shape index (κ3) is 3.14.